The molecule has 1 aromatic rings. The molecule has 0 aromatic heterocycles. The van der Waals surface area contributed by atoms with Crippen LogP contribution in [-0.4, -0.2) is 30.6 Å². The Balaban J connectivity index is 1.80. The van der Waals surface area contributed by atoms with Gasteiger partial charge in [-0.2, -0.15) is 0 Å². The van der Waals surface area contributed by atoms with Crippen molar-refractivity contribution in [2.45, 2.75) is 32.7 Å². The molecule has 1 unspecified atom stereocenters. The van der Waals surface area contributed by atoms with E-state index in [4.69, 9.17) is 11.6 Å². The highest BCUT2D eigenvalue weighted by molar-refractivity contribution is 6.33. The van der Waals surface area contributed by atoms with Gasteiger partial charge in [0.25, 0.3) is 0 Å². The lowest BCUT2D eigenvalue weighted by Gasteiger charge is -2.27. The molecule has 0 amide bonds. The smallest absolute Gasteiger partial charge is 0.0637 e. The summed E-state index contributed by atoms with van der Waals surface area (Å²) in [6.07, 6.45) is 2.69. The minimum Gasteiger partial charge on any atom is -0.383 e. The molecule has 1 aliphatic heterocycles. The van der Waals surface area contributed by atoms with Crippen molar-refractivity contribution in [1.82, 2.24) is 4.90 Å². The average molecular weight is 267 g/mol. The molecule has 0 bridgehead atoms. The number of hydrogen-bond acceptors (Lipinski definition) is 2. The summed E-state index contributed by atoms with van der Waals surface area (Å²) in [5, 5.41) is 4.23. The molecule has 0 saturated carbocycles. The molecular formula is C15H23ClN2. The zero-order valence-corrected chi connectivity index (χ0v) is 12.1. The summed E-state index contributed by atoms with van der Waals surface area (Å²) in [7, 11) is 0. The second-order valence-corrected chi connectivity index (χ2v) is 5.80. The van der Waals surface area contributed by atoms with Crippen LogP contribution in [0.25, 0.3) is 0 Å². The van der Waals surface area contributed by atoms with Crippen LogP contribution in [0.3, 0.4) is 0 Å². The second-order valence-electron chi connectivity index (χ2n) is 5.40. The highest BCUT2D eigenvalue weighted by Crippen LogP contribution is 2.24. The molecule has 1 aromatic carbocycles. The predicted molar refractivity (Wildman–Crippen MR) is 79.4 cm³/mol. The first-order valence-corrected chi connectivity index (χ1v) is 7.28. The van der Waals surface area contributed by atoms with Crippen LogP contribution < -0.4 is 5.32 Å². The van der Waals surface area contributed by atoms with Gasteiger partial charge in [-0.3, -0.25) is 4.90 Å². The first kappa shape index (κ1) is 13.7. The second kappa shape index (κ2) is 6.44. The van der Waals surface area contributed by atoms with E-state index >= 15 is 0 Å². The highest BCUT2D eigenvalue weighted by Gasteiger charge is 2.26. The van der Waals surface area contributed by atoms with E-state index in [0.717, 1.165) is 35.8 Å². The fraction of sp³-hybridized carbons (Fsp3) is 0.600. The van der Waals surface area contributed by atoms with Crippen LogP contribution >= 0.6 is 11.6 Å². The molecule has 1 heterocycles. The summed E-state index contributed by atoms with van der Waals surface area (Å²) in [4.78, 5) is 2.61. The molecule has 3 heteroatoms. The maximum atomic E-state index is 6.12. The molecule has 18 heavy (non-hydrogen) atoms. The number of likely N-dealkylation sites (tertiary alicyclic amines) is 1. The van der Waals surface area contributed by atoms with Gasteiger partial charge in [0.05, 0.1) is 10.7 Å². The minimum absolute atomic E-state index is 0.757. The van der Waals surface area contributed by atoms with E-state index < -0.39 is 0 Å². The molecule has 2 rings (SSSR count). The van der Waals surface area contributed by atoms with Crippen LogP contribution in [-0.2, 0) is 0 Å². The summed E-state index contributed by atoms with van der Waals surface area (Å²) in [5.41, 5.74) is 1.04. The number of anilines is 1. The van der Waals surface area contributed by atoms with Gasteiger partial charge >= 0.3 is 0 Å². The molecule has 1 saturated heterocycles. The Bertz CT molecular complexity index is 379. The van der Waals surface area contributed by atoms with Crippen LogP contribution in [0, 0.1) is 5.92 Å². The van der Waals surface area contributed by atoms with E-state index in [2.05, 4.69) is 24.1 Å². The van der Waals surface area contributed by atoms with Crippen molar-refractivity contribution in [1.29, 1.82) is 0 Å². The van der Waals surface area contributed by atoms with Crippen LogP contribution in [0.2, 0.25) is 5.02 Å². The summed E-state index contributed by atoms with van der Waals surface area (Å²) in [6, 6.07) is 8.70. The van der Waals surface area contributed by atoms with Crippen molar-refractivity contribution in [2.75, 3.05) is 25.0 Å². The van der Waals surface area contributed by atoms with Crippen molar-refractivity contribution >= 4 is 17.3 Å². The Morgan fingerprint density at radius 3 is 2.89 bits per heavy atom. The van der Waals surface area contributed by atoms with Crippen LogP contribution in [0.15, 0.2) is 24.3 Å². The number of para-hydroxylation sites is 1. The van der Waals surface area contributed by atoms with Crippen LogP contribution in [0.5, 0.6) is 0 Å². The van der Waals surface area contributed by atoms with Gasteiger partial charge in [-0.25, -0.2) is 0 Å². The minimum atomic E-state index is 0.757. The fourth-order valence-electron chi connectivity index (χ4n) is 2.82. The Morgan fingerprint density at radius 2 is 2.17 bits per heavy atom. The normalized spacial score (nSPS) is 20.6. The third-order valence-electron chi connectivity index (χ3n) is 3.77. The quantitative estimate of drug-likeness (QED) is 0.870. The average Bonchev–Trinajstić information content (AvgIpc) is 2.80. The first-order chi connectivity index (χ1) is 8.68. The maximum Gasteiger partial charge on any atom is 0.0637 e. The zero-order chi connectivity index (χ0) is 13.0. The Labute approximate surface area is 115 Å². The Morgan fingerprint density at radius 1 is 1.39 bits per heavy atom. The zero-order valence-electron chi connectivity index (χ0n) is 11.3. The molecule has 1 fully saturated rings. The lowest BCUT2D eigenvalue weighted by Crippen LogP contribution is -2.36. The molecule has 0 aliphatic carbocycles. The van der Waals surface area contributed by atoms with Gasteiger partial charge in [0.2, 0.25) is 0 Å². The molecule has 1 atom stereocenters. The summed E-state index contributed by atoms with van der Waals surface area (Å²) >= 11 is 6.12. The van der Waals surface area contributed by atoms with Gasteiger partial charge in [0.1, 0.15) is 0 Å². The summed E-state index contributed by atoms with van der Waals surface area (Å²) < 4.78 is 0. The van der Waals surface area contributed by atoms with Gasteiger partial charge in [-0.05, 0) is 37.4 Å². The molecule has 2 nitrogen and oxygen atoms in total. The van der Waals surface area contributed by atoms with Gasteiger partial charge in [0.15, 0.2) is 0 Å². The number of hydrogen-bond donors (Lipinski definition) is 1. The lowest BCUT2D eigenvalue weighted by molar-refractivity contribution is 0.214. The van der Waals surface area contributed by atoms with Gasteiger partial charge in [0, 0.05) is 19.1 Å². The highest BCUT2D eigenvalue weighted by atomic mass is 35.5. The summed E-state index contributed by atoms with van der Waals surface area (Å²) in [5.74, 6) is 0.757. The monoisotopic (exact) mass is 266 g/mol. The third-order valence-corrected chi connectivity index (χ3v) is 4.10. The van der Waals surface area contributed by atoms with Crippen molar-refractivity contribution in [3.63, 3.8) is 0 Å². The number of nitrogens with zero attached hydrogens (tertiary/aromatic N) is 1. The van der Waals surface area contributed by atoms with Crippen molar-refractivity contribution < 1.29 is 0 Å². The van der Waals surface area contributed by atoms with Crippen molar-refractivity contribution in [3.05, 3.63) is 29.3 Å². The van der Waals surface area contributed by atoms with Crippen molar-refractivity contribution in [3.8, 4) is 0 Å². The van der Waals surface area contributed by atoms with E-state index in [-0.39, 0.29) is 0 Å². The number of benzene rings is 1. The molecule has 0 radical (unpaired) electrons. The molecule has 0 spiro atoms. The molecule has 1 aliphatic rings. The third kappa shape index (κ3) is 3.39. The predicted octanol–water partition coefficient (Wildman–Crippen LogP) is 3.87. The molecule has 100 valence electrons. The fourth-order valence-corrected chi connectivity index (χ4v) is 3.03. The molecular weight excluding hydrogens is 244 g/mol. The van der Waals surface area contributed by atoms with E-state index in [1.807, 2.05) is 24.3 Å². The largest absolute Gasteiger partial charge is 0.383 e. The first-order valence-electron chi connectivity index (χ1n) is 6.91. The SMILES string of the molecule is CC(C)C1CCCN1CCNc1ccccc1Cl. The Hall–Kier alpha value is -0.730. The van der Waals surface area contributed by atoms with Gasteiger partial charge in [-0.15, -0.1) is 0 Å². The number of rotatable bonds is 5. The maximum absolute atomic E-state index is 6.12. The van der Waals surface area contributed by atoms with Crippen molar-refractivity contribution in [2.24, 2.45) is 5.92 Å². The van der Waals surface area contributed by atoms with E-state index in [9.17, 15) is 0 Å². The van der Waals surface area contributed by atoms with E-state index in [0.29, 0.717) is 0 Å². The topological polar surface area (TPSA) is 15.3 Å². The van der Waals surface area contributed by atoms with Crippen LogP contribution in [0.1, 0.15) is 26.7 Å². The standard InChI is InChI=1S/C15H23ClN2/c1-12(2)15-8-5-10-18(15)11-9-17-14-7-4-3-6-13(14)16/h3-4,6-7,12,15,17H,5,8-11H2,1-2H3. The molecule has 1 N–H and O–H groups in total. The Kier molecular flexibility index (Phi) is 4.90. The van der Waals surface area contributed by atoms with E-state index in [1.54, 1.807) is 0 Å². The van der Waals surface area contributed by atoms with Crippen LogP contribution in [0.4, 0.5) is 5.69 Å². The van der Waals surface area contributed by atoms with Gasteiger partial charge < -0.3 is 5.32 Å². The number of halogens is 1. The van der Waals surface area contributed by atoms with E-state index in [1.165, 1.54) is 19.4 Å². The summed E-state index contributed by atoms with van der Waals surface area (Å²) in [6.45, 7) is 7.96. The lowest BCUT2D eigenvalue weighted by atomic mass is 10.0. The number of nitrogens with one attached hydrogen (secondary N) is 1. The van der Waals surface area contributed by atoms with Gasteiger partial charge in [-0.1, -0.05) is 37.6 Å².